The summed E-state index contributed by atoms with van der Waals surface area (Å²) in [5.41, 5.74) is 3.69. The third-order valence-corrected chi connectivity index (χ3v) is 3.42. The minimum absolute atomic E-state index is 0.241. The highest BCUT2D eigenvalue weighted by Gasteiger charge is 2.14. The molecule has 1 unspecified atom stereocenters. The molecule has 2 aromatic rings. The molecule has 0 saturated carbocycles. The number of aromatic nitrogens is 1. The van der Waals surface area contributed by atoms with Crippen LogP contribution in [0.3, 0.4) is 0 Å². The summed E-state index contributed by atoms with van der Waals surface area (Å²) in [6.07, 6.45) is 4.65. The number of likely N-dealkylation sites (N-methyl/N-ethyl adjacent to an activating group) is 1. The first-order valence-corrected chi connectivity index (χ1v) is 6.46. The van der Waals surface area contributed by atoms with Gasteiger partial charge in [0, 0.05) is 18.4 Å². The number of hydrogen-bond acceptors (Lipinski definition) is 3. The predicted octanol–water partition coefficient (Wildman–Crippen LogP) is 2.90. The fourth-order valence-corrected chi connectivity index (χ4v) is 2.30. The molecule has 3 nitrogen and oxygen atoms in total. The molecule has 0 saturated heterocycles. The fraction of sp³-hybridized carbons (Fsp3) is 0.312. The average Bonchev–Trinajstić information content (AvgIpc) is 2.46. The molecular formula is C16H20N2O. The van der Waals surface area contributed by atoms with Gasteiger partial charge in [0.2, 0.25) is 0 Å². The van der Waals surface area contributed by atoms with E-state index in [1.807, 2.05) is 43.7 Å². The van der Waals surface area contributed by atoms with Crippen molar-refractivity contribution in [2.45, 2.75) is 19.4 Å². The zero-order valence-electron chi connectivity index (χ0n) is 11.7. The molecule has 1 heterocycles. The number of para-hydroxylation sites is 1. The molecule has 0 aliphatic carbocycles. The van der Waals surface area contributed by atoms with Crippen LogP contribution >= 0.6 is 0 Å². The van der Waals surface area contributed by atoms with E-state index in [0.717, 1.165) is 12.2 Å². The monoisotopic (exact) mass is 256 g/mol. The van der Waals surface area contributed by atoms with Gasteiger partial charge >= 0.3 is 0 Å². The van der Waals surface area contributed by atoms with E-state index in [4.69, 9.17) is 4.74 Å². The van der Waals surface area contributed by atoms with Gasteiger partial charge in [-0.25, -0.2) is 0 Å². The van der Waals surface area contributed by atoms with E-state index >= 15 is 0 Å². The predicted molar refractivity (Wildman–Crippen MR) is 77.5 cm³/mol. The van der Waals surface area contributed by atoms with Crippen molar-refractivity contribution in [2.24, 2.45) is 0 Å². The van der Waals surface area contributed by atoms with E-state index in [9.17, 15) is 0 Å². The van der Waals surface area contributed by atoms with E-state index < -0.39 is 0 Å². The van der Waals surface area contributed by atoms with Crippen LogP contribution in [0.5, 0.6) is 5.75 Å². The first-order chi connectivity index (χ1) is 9.26. The first kappa shape index (κ1) is 13.6. The topological polar surface area (TPSA) is 34.1 Å². The van der Waals surface area contributed by atoms with E-state index in [-0.39, 0.29) is 6.04 Å². The molecule has 1 atom stereocenters. The molecule has 100 valence electrons. The van der Waals surface area contributed by atoms with Gasteiger partial charge in [-0.15, -0.1) is 0 Å². The summed E-state index contributed by atoms with van der Waals surface area (Å²) in [5, 5.41) is 3.36. The maximum absolute atomic E-state index is 5.41. The van der Waals surface area contributed by atoms with Gasteiger partial charge in [0.05, 0.1) is 7.11 Å². The third kappa shape index (κ3) is 3.12. The smallest absolute Gasteiger partial charge is 0.122 e. The lowest BCUT2D eigenvalue weighted by atomic mass is 9.97. The highest BCUT2D eigenvalue weighted by molar-refractivity contribution is 5.36. The van der Waals surface area contributed by atoms with Gasteiger partial charge in [-0.3, -0.25) is 4.98 Å². The quantitative estimate of drug-likeness (QED) is 0.893. The van der Waals surface area contributed by atoms with Crippen molar-refractivity contribution in [2.75, 3.05) is 14.2 Å². The number of methoxy groups -OCH3 is 1. The highest BCUT2D eigenvalue weighted by Crippen LogP contribution is 2.25. The van der Waals surface area contributed by atoms with Crippen LogP contribution in [0.4, 0.5) is 0 Å². The Kier molecular flexibility index (Phi) is 4.53. The van der Waals surface area contributed by atoms with Crippen molar-refractivity contribution in [1.29, 1.82) is 0 Å². The van der Waals surface area contributed by atoms with E-state index in [1.54, 1.807) is 7.11 Å². The number of benzene rings is 1. The van der Waals surface area contributed by atoms with Crippen LogP contribution in [0.15, 0.2) is 42.7 Å². The number of hydrogen-bond donors (Lipinski definition) is 1. The van der Waals surface area contributed by atoms with Gasteiger partial charge in [0.25, 0.3) is 0 Å². The zero-order valence-corrected chi connectivity index (χ0v) is 11.7. The largest absolute Gasteiger partial charge is 0.496 e. The molecule has 0 spiro atoms. The summed E-state index contributed by atoms with van der Waals surface area (Å²) in [6, 6.07) is 10.4. The number of aryl methyl sites for hydroxylation is 1. The Morgan fingerprint density at radius 1 is 1.26 bits per heavy atom. The molecule has 0 aliphatic rings. The number of pyridine rings is 1. The van der Waals surface area contributed by atoms with E-state index in [0.29, 0.717) is 0 Å². The normalized spacial score (nSPS) is 12.2. The molecule has 1 aromatic heterocycles. The number of nitrogens with zero attached hydrogens (tertiary/aromatic N) is 1. The molecule has 2 rings (SSSR count). The molecular weight excluding hydrogens is 236 g/mol. The van der Waals surface area contributed by atoms with Crippen LogP contribution in [0.2, 0.25) is 0 Å². The van der Waals surface area contributed by atoms with Crippen LogP contribution in [-0.2, 0) is 6.42 Å². The molecule has 0 fully saturated rings. The van der Waals surface area contributed by atoms with Gasteiger partial charge in [0.15, 0.2) is 0 Å². The average molecular weight is 256 g/mol. The van der Waals surface area contributed by atoms with Crippen molar-refractivity contribution < 1.29 is 4.74 Å². The van der Waals surface area contributed by atoms with Crippen molar-refractivity contribution in [3.8, 4) is 5.75 Å². The van der Waals surface area contributed by atoms with Crippen LogP contribution in [-0.4, -0.2) is 19.1 Å². The minimum atomic E-state index is 0.241. The van der Waals surface area contributed by atoms with Gasteiger partial charge in [-0.1, -0.05) is 18.2 Å². The van der Waals surface area contributed by atoms with Gasteiger partial charge in [0.1, 0.15) is 5.75 Å². The van der Waals surface area contributed by atoms with Gasteiger partial charge in [-0.05, 0) is 49.2 Å². The van der Waals surface area contributed by atoms with Crippen molar-refractivity contribution in [3.05, 3.63) is 59.4 Å². The minimum Gasteiger partial charge on any atom is -0.496 e. The van der Waals surface area contributed by atoms with Gasteiger partial charge in [-0.2, -0.15) is 0 Å². The molecule has 19 heavy (non-hydrogen) atoms. The second kappa shape index (κ2) is 6.34. The second-order valence-electron chi connectivity index (χ2n) is 4.59. The van der Waals surface area contributed by atoms with Crippen molar-refractivity contribution in [3.63, 3.8) is 0 Å². The summed E-state index contributed by atoms with van der Waals surface area (Å²) in [4.78, 5) is 4.23. The Hall–Kier alpha value is -1.87. The SMILES string of the molecule is CNC(Cc1ccccc1OC)c1cnccc1C. The van der Waals surface area contributed by atoms with Crippen LogP contribution < -0.4 is 10.1 Å². The molecule has 0 aliphatic heterocycles. The Morgan fingerprint density at radius 2 is 2.05 bits per heavy atom. The molecule has 3 heteroatoms. The third-order valence-electron chi connectivity index (χ3n) is 3.42. The Morgan fingerprint density at radius 3 is 2.74 bits per heavy atom. The maximum atomic E-state index is 5.41. The molecule has 1 aromatic carbocycles. The molecule has 0 amide bonds. The van der Waals surface area contributed by atoms with Crippen molar-refractivity contribution in [1.82, 2.24) is 10.3 Å². The molecule has 0 bridgehead atoms. The summed E-state index contributed by atoms with van der Waals surface area (Å²) < 4.78 is 5.41. The second-order valence-corrected chi connectivity index (χ2v) is 4.59. The number of nitrogens with one attached hydrogen (secondary N) is 1. The number of ether oxygens (including phenoxy) is 1. The molecule has 1 N–H and O–H groups in total. The summed E-state index contributed by atoms with van der Waals surface area (Å²) in [6.45, 7) is 2.11. The summed E-state index contributed by atoms with van der Waals surface area (Å²) >= 11 is 0. The standard InChI is InChI=1S/C16H20N2O/c1-12-8-9-18-11-14(12)15(17-2)10-13-6-4-5-7-16(13)19-3/h4-9,11,15,17H,10H2,1-3H3. The first-order valence-electron chi connectivity index (χ1n) is 6.46. The Bertz CT molecular complexity index is 540. The highest BCUT2D eigenvalue weighted by atomic mass is 16.5. The van der Waals surface area contributed by atoms with Gasteiger partial charge < -0.3 is 10.1 Å². The maximum Gasteiger partial charge on any atom is 0.122 e. The van der Waals surface area contributed by atoms with Crippen molar-refractivity contribution >= 4 is 0 Å². The number of rotatable bonds is 5. The van der Waals surface area contributed by atoms with E-state index in [1.165, 1.54) is 16.7 Å². The van der Waals surface area contributed by atoms with Crippen LogP contribution in [0, 0.1) is 6.92 Å². The fourth-order valence-electron chi connectivity index (χ4n) is 2.30. The van der Waals surface area contributed by atoms with E-state index in [2.05, 4.69) is 23.3 Å². The lowest BCUT2D eigenvalue weighted by molar-refractivity contribution is 0.406. The summed E-state index contributed by atoms with van der Waals surface area (Å²) in [5.74, 6) is 0.935. The Labute approximate surface area is 114 Å². The summed E-state index contributed by atoms with van der Waals surface area (Å²) in [7, 11) is 3.69. The van der Waals surface area contributed by atoms with Crippen LogP contribution in [0.1, 0.15) is 22.7 Å². The lowest BCUT2D eigenvalue weighted by Crippen LogP contribution is -2.20. The zero-order chi connectivity index (χ0) is 13.7. The lowest BCUT2D eigenvalue weighted by Gasteiger charge is -2.19. The Balaban J connectivity index is 2.27. The van der Waals surface area contributed by atoms with Crippen LogP contribution in [0.25, 0.3) is 0 Å². The molecule has 0 radical (unpaired) electrons.